The molecule has 0 bridgehead atoms. The molecule has 0 aromatic heterocycles. The summed E-state index contributed by atoms with van der Waals surface area (Å²) in [5, 5.41) is 19.8. The van der Waals surface area contributed by atoms with Crippen LogP contribution in [0.25, 0.3) is 0 Å². The van der Waals surface area contributed by atoms with Crippen LogP contribution in [0.15, 0.2) is 18.2 Å². The van der Waals surface area contributed by atoms with Crippen LogP contribution in [0.3, 0.4) is 0 Å². The second-order valence-corrected chi connectivity index (χ2v) is 4.95. The van der Waals surface area contributed by atoms with Gasteiger partial charge in [0.1, 0.15) is 5.02 Å². The highest BCUT2D eigenvalue weighted by molar-refractivity contribution is 6.32. The molecule has 0 aliphatic carbocycles. The van der Waals surface area contributed by atoms with Crippen molar-refractivity contribution in [3.63, 3.8) is 0 Å². The molecule has 0 saturated carbocycles. The fourth-order valence-corrected chi connectivity index (χ4v) is 1.69. The first-order valence-corrected chi connectivity index (χ1v) is 5.27. The van der Waals surface area contributed by atoms with Crippen LogP contribution >= 0.6 is 11.6 Å². The maximum atomic E-state index is 10.6. The summed E-state index contributed by atoms with van der Waals surface area (Å²) in [6.45, 7) is 3.90. The van der Waals surface area contributed by atoms with Crippen LogP contribution in [-0.2, 0) is 6.42 Å². The standard InChI is InChI=1S/C11H14ClNO3/c1-11(2,7-14)6-8-3-4-10(13(15)16)9(12)5-8/h3-5,14H,6-7H2,1-2H3. The Morgan fingerprint density at radius 1 is 1.50 bits per heavy atom. The lowest BCUT2D eigenvalue weighted by Gasteiger charge is -2.21. The van der Waals surface area contributed by atoms with Crippen molar-refractivity contribution in [2.45, 2.75) is 20.3 Å². The van der Waals surface area contributed by atoms with E-state index in [1.165, 1.54) is 6.07 Å². The summed E-state index contributed by atoms with van der Waals surface area (Å²) in [7, 11) is 0. The summed E-state index contributed by atoms with van der Waals surface area (Å²) >= 11 is 5.79. The summed E-state index contributed by atoms with van der Waals surface area (Å²) in [5.74, 6) is 0. The molecule has 0 spiro atoms. The van der Waals surface area contributed by atoms with Gasteiger partial charge >= 0.3 is 0 Å². The molecule has 0 unspecified atom stereocenters. The molecule has 5 heteroatoms. The number of benzene rings is 1. The molecule has 0 amide bonds. The average Bonchev–Trinajstić information content (AvgIpc) is 2.16. The fourth-order valence-electron chi connectivity index (χ4n) is 1.42. The summed E-state index contributed by atoms with van der Waals surface area (Å²) in [4.78, 5) is 10.0. The Labute approximate surface area is 99.0 Å². The quantitative estimate of drug-likeness (QED) is 0.653. The van der Waals surface area contributed by atoms with E-state index in [0.29, 0.717) is 6.42 Å². The number of rotatable bonds is 4. The monoisotopic (exact) mass is 243 g/mol. The van der Waals surface area contributed by atoms with Gasteiger partial charge in [-0.2, -0.15) is 0 Å². The average molecular weight is 244 g/mol. The van der Waals surface area contributed by atoms with E-state index in [4.69, 9.17) is 16.7 Å². The maximum Gasteiger partial charge on any atom is 0.287 e. The van der Waals surface area contributed by atoms with E-state index in [0.717, 1.165) is 5.56 Å². The lowest BCUT2D eigenvalue weighted by atomic mass is 9.87. The second kappa shape index (κ2) is 4.80. The molecule has 1 N–H and O–H groups in total. The van der Waals surface area contributed by atoms with Gasteiger partial charge in [0.05, 0.1) is 4.92 Å². The van der Waals surface area contributed by atoms with E-state index in [2.05, 4.69) is 0 Å². The Balaban J connectivity index is 2.94. The van der Waals surface area contributed by atoms with Gasteiger partial charge in [-0.05, 0) is 23.5 Å². The van der Waals surface area contributed by atoms with Gasteiger partial charge in [0, 0.05) is 12.7 Å². The largest absolute Gasteiger partial charge is 0.396 e. The zero-order chi connectivity index (χ0) is 12.3. The zero-order valence-electron chi connectivity index (χ0n) is 9.24. The lowest BCUT2D eigenvalue weighted by molar-refractivity contribution is -0.384. The van der Waals surface area contributed by atoms with Crippen LogP contribution in [0.4, 0.5) is 5.69 Å². The zero-order valence-corrected chi connectivity index (χ0v) is 9.99. The minimum Gasteiger partial charge on any atom is -0.396 e. The van der Waals surface area contributed by atoms with E-state index in [1.54, 1.807) is 12.1 Å². The summed E-state index contributed by atoms with van der Waals surface area (Å²) in [6.07, 6.45) is 0.626. The normalized spacial score (nSPS) is 11.5. The number of nitro groups is 1. The van der Waals surface area contributed by atoms with Crippen LogP contribution in [0.1, 0.15) is 19.4 Å². The van der Waals surface area contributed by atoms with Crippen molar-refractivity contribution >= 4 is 17.3 Å². The van der Waals surface area contributed by atoms with Crippen LogP contribution in [-0.4, -0.2) is 16.6 Å². The van der Waals surface area contributed by atoms with Gasteiger partial charge in [-0.3, -0.25) is 10.1 Å². The Kier molecular flexibility index (Phi) is 3.88. The molecule has 1 aromatic carbocycles. The van der Waals surface area contributed by atoms with E-state index in [1.807, 2.05) is 13.8 Å². The number of aliphatic hydroxyl groups excluding tert-OH is 1. The Morgan fingerprint density at radius 2 is 2.12 bits per heavy atom. The van der Waals surface area contributed by atoms with E-state index < -0.39 is 4.92 Å². The predicted molar refractivity (Wildman–Crippen MR) is 62.7 cm³/mol. The first kappa shape index (κ1) is 12.9. The molecule has 16 heavy (non-hydrogen) atoms. The van der Waals surface area contributed by atoms with Crippen molar-refractivity contribution in [2.24, 2.45) is 5.41 Å². The van der Waals surface area contributed by atoms with E-state index >= 15 is 0 Å². The molecular formula is C11H14ClNO3. The highest BCUT2D eigenvalue weighted by atomic mass is 35.5. The molecule has 0 aliphatic rings. The smallest absolute Gasteiger partial charge is 0.287 e. The second-order valence-electron chi connectivity index (χ2n) is 4.54. The minimum absolute atomic E-state index is 0.0571. The van der Waals surface area contributed by atoms with Gasteiger partial charge in [0.2, 0.25) is 0 Å². The number of nitro benzene ring substituents is 1. The molecule has 0 saturated heterocycles. The number of hydrogen-bond acceptors (Lipinski definition) is 3. The molecule has 0 radical (unpaired) electrons. The summed E-state index contributed by atoms with van der Waals surface area (Å²) in [6, 6.07) is 4.64. The molecule has 0 aliphatic heterocycles. The van der Waals surface area contributed by atoms with E-state index in [9.17, 15) is 10.1 Å². The molecule has 0 heterocycles. The fraction of sp³-hybridized carbons (Fsp3) is 0.455. The van der Waals surface area contributed by atoms with Gasteiger partial charge in [-0.1, -0.05) is 31.5 Å². The highest BCUT2D eigenvalue weighted by Crippen LogP contribution is 2.28. The van der Waals surface area contributed by atoms with Crippen LogP contribution in [0.5, 0.6) is 0 Å². The minimum atomic E-state index is -0.511. The molecule has 0 atom stereocenters. The predicted octanol–water partition coefficient (Wildman–Crippen LogP) is 2.81. The number of halogens is 1. The third kappa shape index (κ3) is 3.18. The third-order valence-electron chi connectivity index (χ3n) is 2.32. The lowest BCUT2D eigenvalue weighted by Crippen LogP contribution is -2.19. The third-order valence-corrected chi connectivity index (χ3v) is 2.62. The highest BCUT2D eigenvalue weighted by Gasteiger charge is 2.19. The van der Waals surface area contributed by atoms with E-state index in [-0.39, 0.29) is 22.7 Å². The van der Waals surface area contributed by atoms with Crippen molar-refractivity contribution < 1.29 is 10.0 Å². The van der Waals surface area contributed by atoms with Crippen molar-refractivity contribution in [3.05, 3.63) is 38.9 Å². The number of hydrogen-bond donors (Lipinski definition) is 1. The topological polar surface area (TPSA) is 63.4 Å². The molecule has 1 rings (SSSR count). The Hall–Kier alpha value is -1.13. The van der Waals surface area contributed by atoms with Crippen LogP contribution in [0, 0.1) is 15.5 Å². The molecule has 0 fully saturated rings. The van der Waals surface area contributed by atoms with Crippen molar-refractivity contribution in [1.82, 2.24) is 0 Å². The van der Waals surface area contributed by atoms with Gasteiger partial charge in [0.15, 0.2) is 0 Å². The Morgan fingerprint density at radius 3 is 2.56 bits per heavy atom. The maximum absolute atomic E-state index is 10.6. The number of aliphatic hydroxyl groups is 1. The van der Waals surface area contributed by atoms with Crippen LogP contribution in [0.2, 0.25) is 5.02 Å². The van der Waals surface area contributed by atoms with Crippen molar-refractivity contribution in [3.8, 4) is 0 Å². The van der Waals surface area contributed by atoms with Gasteiger partial charge in [0.25, 0.3) is 5.69 Å². The van der Waals surface area contributed by atoms with Gasteiger partial charge in [-0.15, -0.1) is 0 Å². The summed E-state index contributed by atoms with van der Waals surface area (Å²) < 4.78 is 0. The molecule has 88 valence electrons. The Bertz CT molecular complexity index is 404. The van der Waals surface area contributed by atoms with Gasteiger partial charge in [-0.25, -0.2) is 0 Å². The first-order chi connectivity index (χ1) is 7.35. The summed E-state index contributed by atoms with van der Waals surface area (Å²) in [5.41, 5.74) is 0.543. The van der Waals surface area contributed by atoms with Gasteiger partial charge < -0.3 is 5.11 Å². The van der Waals surface area contributed by atoms with Crippen molar-refractivity contribution in [1.29, 1.82) is 0 Å². The van der Waals surface area contributed by atoms with Crippen molar-refractivity contribution in [2.75, 3.05) is 6.61 Å². The van der Waals surface area contributed by atoms with Crippen LogP contribution < -0.4 is 0 Å². The number of nitrogens with zero attached hydrogens (tertiary/aromatic N) is 1. The molecule has 4 nitrogen and oxygen atoms in total. The molecular weight excluding hydrogens is 230 g/mol. The SMILES string of the molecule is CC(C)(CO)Cc1ccc([N+](=O)[O-])c(Cl)c1. The first-order valence-electron chi connectivity index (χ1n) is 4.89. The molecule has 1 aromatic rings.